The van der Waals surface area contributed by atoms with Crippen LogP contribution < -0.4 is 0 Å². The Hall–Kier alpha value is -2.67. The van der Waals surface area contributed by atoms with Crippen molar-refractivity contribution in [2.75, 3.05) is 6.61 Å². The molecule has 0 amide bonds. The molecule has 25 heavy (non-hydrogen) atoms. The number of allylic oxidation sites excluding steroid dienone is 2. The Kier molecular flexibility index (Phi) is 5.14. The van der Waals surface area contributed by atoms with E-state index in [1.807, 2.05) is 31.2 Å². The predicted octanol–water partition coefficient (Wildman–Crippen LogP) is 4.96. The lowest BCUT2D eigenvalue weighted by Crippen LogP contribution is -2.13. The molecule has 0 N–H and O–H groups in total. The molecule has 0 radical (unpaired) electrons. The standard InChI is InChI=1S/C21H22N2O2/c1-3-25-21(24)19-14(2)16-11-7-8-12-18(16)23-20(19)17(13-22)15-9-5-4-6-10-15/h7-8,11-12H,3-6,9-10H2,1-2H3. The van der Waals surface area contributed by atoms with Gasteiger partial charge in [0.05, 0.1) is 29.0 Å². The number of para-hydroxylation sites is 1. The molecule has 0 aliphatic heterocycles. The fraction of sp³-hybridized carbons (Fsp3) is 0.381. The van der Waals surface area contributed by atoms with Crippen LogP contribution in [0.1, 0.15) is 60.6 Å². The Morgan fingerprint density at radius 2 is 1.96 bits per heavy atom. The molecule has 0 bridgehead atoms. The molecule has 0 atom stereocenters. The molecule has 1 aliphatic carbocycles. The van der Waals surface area contributed by atoms with Gasteiger partial charge in [-0.25, -0.2) is 9.78 Å². The minimum Gasteiger partial charge on any atom is -0.462 e. The summed E-state index contributed by atoms with van der Waals surface area (Å²) >= 11 is 0. The number of rotatable bonds is 3. The maximum Gasteiger partial charge on any atom is 0.340 e. The van der Waals surface area contributed by atoms with Gasteiger partial charge in [0, 0.05) is 5.39 Å². The molecule has 0 saturated heterocycles. The number of aryl methyl sites for hydroxylation is 1. The fourth-order valence-corrected chi connectivity index (χ4v) is 3.54. The van der Waals surface area contributed by atoms with Gasteiger partial charge in [-0.1, -0.05) is 30.2 Å². The van der Waals surface area contributed by atoms with Crippen LogP contribution in [-0.4, -0.2) is 17.6 Å². The van der Waals surface area contributed by atoms with Crippen LogP contribution in [0.3, 0.4) is 0 Å². The number of benzene rings is 1. The number of nitrogens with zero attached hydrogens (tertiary/aromatic N) is 2. The maximum atomic E-state index is 12.6. The highest BCUT2D eigenvalue weighted by molar-refractivity contribution is 6.03. The number of ether oxygens (including phenoxy) is 1. The van der Waals surface area contributed by atoms with Crippen LogP contribution in [0.4, 0.5) is 0 Å². The number of fused-ring (bicyclic) bond motifs is 1. The van der Waals surface area contributed by atoms with Crippen molar-refractivity contribution in [1.82, 2.24) is 4.98 Å². The van der Waals surface area contributed by atoms with Crippen molar-refractivity contribution in [2.45, 2.75) is 46.0 Å². The normalized spacial score (nSPS) is 14.2. The second-order valence-corrected chi connectivity index (χ2v) is 6.35. The first-order valence-corrected chi connectivity index (χ1v) is 8.86. The summed E-state index contributed by atoms with van der Waals surface area (Å²) in [4.78, 5) is 17.3. The molecule has 3 rings (SSSR count). The molecule has 1 saturated carbocycles. The lowest BCUT2D eigenvalue weighted by molar-refractivity contribution is 0.0525. The molecule has 1 heterocycles. The average Bonchev–Trinajstić information content (AvgIpc) is 2.63. The summed E-state index contributed by atoms with van der Waals surface area (Å²) in [5, 5.41) is 10.7. The predicted molar refractivity (Wildman–Crippen MR) is 98.1 cm³/mol. The van der Waals surface area contributed by atoms with Crippen molar-refractivity contribution in [2.24, 2.45) is 0 Å². The van der Waals surface area contributed by atoms with Gasteiger partial charge in [-0.3, -0.25) is 0 Å². The van der Waals surface area contributed by atoms with E-state index in [9.17, 15) is 10.1 Å². The first-order valence-electron chi connectivity index (χ1n) is 8.86. The highest BCUT2D eigenvalue weighted by Crippen LogP contribution is 2.34. The van der Waals surface area contributed by atoms with Crippen molar-refractivity contribution in [3.63, 3.8) is 0 Å². The van der Waals surface area contributed by atoms with Crippen LogP contribution in [0.15, 0.2) is 29.8 Å². The van der Waals surface area contributed by atoms with Gasteiger partial charge in [-0.15, -0.1) is 0 Å². The van der Waals surface area contributed by atoms with E-state index >= 15 is 0 Å². The quantitative estimate of drug-likeness (QED) is 0.588. The summed E-state index contributed by atoms with van der Waals surface area (Å²) in [7, 11) is 0. The van der Waals surface area contributed by atoms with E-state index in [4.69, 9.17) is 9.72 Å². The first-order chi connectivity index (χ1) is 12.2. The molecule has 1 fully saturated rings. The Labute approximate surface area is 148 Å². The zero-order valence-corrected chi connectivity index (χ0v) is 14.8. The second-order valence-electron chi connectivity index (χ2n) is 6.35. The molecular formula is C21H22N2O2. The highest BCUT2D eigenvalue weighted by Gasteiger charge is 2.24. The van der Waals surface area contributed by atoms with Gasteiger partial charge in [0.25, 0.3) is 0 Å². The Bertz CT molecular complexity index is 883. The van der Waals surface area contributed by atoms with Gasteiger partial charge in [-0.05, 0) is 51.2 Å². The maximum absolute atomic E-state index is 12.6. The fourth-order valence-electron chi connectivity index (χ4n) is 3.54. The van der Waals surface area contributed by atoms with Crippen LogP contribution >= 0.6 is 0 Å². The Morgan fingerprint density at radius 1 is 1.24 bits per heavy atom. The zero-order chi connectivity index (χ0) is 17.8. The van der Waals surface area contributed by atoms with Crippen molar-refractivity contribution >= 4 is 22.4 Å². The topological polar surface area (TPSA) is 63.0 Å². The molecule has 0 spiro atoms. The molecule has 4 nitrogen and oxygen atoms in total. The van der Waals surface area contributed by atoms with E-state index in [2.05, 4.69) is 6.07 Å². The number of esters is 1. The van der Waals surface area contributed by atoms with Gasteiger partial charge in [0.2, 0.25) is 0 Å². The minimum atomic E-state index is -0.405. The van der Waals surface area contributed by atoms with E-state index in [-0.39, 0.29) is 0 Å². The summed E-state index contributed by atoms with van der Waals surface area (Å²) in [6, 6.07) is 10.0. The SMILES string of the molecule is CCOC(=O)c1c(C(C#N)=C2CCCCC2)nc2ccccc2c1C. The number of hydrogen-bond acceptors (Lipinski definition) is 4. The van der Waals surface area contributed by atoms with Crippen LogP contribution in [0.2, 0.25) is 0 Å². The highest BCUT2D eigenvalue weighted by atomic mass is 16.5. The molecule has 1 aromatic carbocycles. The van der Waals surface area contributed by atoms with Crippen LogP contribution in [0.25, 0.3) is 16.5 Å². The summed E-state index contributed by atoms with van der Waals surface area (Å²) in [5.41, 5.74) is 4.19. The molecule has 0 unspecified atom stereocenters. The van der Waals surface area contributed by atoms with Crippen molar-refractivity contribution in [3.05, 3.63) is 46.7 Å². The van der Waals surface area contributed by atoms with E-state index in [1.54, 1.807) is 6.92 Å². The van der Waals surface area contributed by atoms with Crippen molar-refractivity contribution < 1.29 is 9.53 Å². The number of carbonyl (C=O) groups excluding carboxylic acids is 1. The van der Waals surface area contributed by atoms with Gasteiger partial charge in [0.1, 0.15) is 6.07 Å². The molecule has 4 heteroatoms. The van der Waals surface area contributed by atoms with E-state index in [0.717, 1.165) is 47.7 Å². The number of aromatic nitrogens is 1. The van der Waals surface area contributed by atoms with Crippen LogP contribution in [0, 0.1) is 18.3 Å². The third-order valence-electron chi connectivity index (χ3n) is 4.79. The minimum absolute atomic E-state index is 0.295. The second kappa shape index (κ2) is 7.48. The van der Waals surface area contributed by atoms with Gasteiger partial charge in [0.15, 0.2) is 0 Å². The van der Waals surface area contributed by atoms with Crippen molar-refractivity contribution in [3.8, 4) is 6.07 Å². The zero-order valence-electron chi connectivity index (χ0n) is 14.8. The van der Waals surface area contributed by atoms with Gasteiger partial charge in [-0.2, -0.15) is 5.26 Å². The smallest absolute Gasteiger partial charge is 0.340 e. The molecule has 1 aromatic heterocycles. The molecule has 2 aromatic rings. The summed E-state index contributed by atoms with van der Waals surface area (Å²) in [6.07, 6.45) is 5.16. The van der Waals surface area contributed by atoms with Gasteiger partial charge < -0.3 is 4.74 Å². The Balaban J connectivity index is 2.30. The number of carbonyl (C=O) groups is 1. The van der Waals surface area contributed by atoms with Gasteiger partial charge >= 0.3 is 5.97 Å². The lowest BCUT2D eigenvalue weighted by atomic mass is 9.88. The Morgan fingerprint density at radius 3 is 2.64 bits per heavy atom. The molecular weight excluding hydrogens is 312 g/mol. The number of nitriles is 1. The van der Waals surface area contributed by atoms with E-state index in [1.165, 1.54) is 6.42 Å². The first kappa shape index (κ1) is 17.2. The molecule has 128 valence electrons. The van der Waals surface area contributed by atoms with Crippen molar-refractivity contribution in [1.29, 1.82) is 5.26 Å². The third-order valence-corrected chi connectivity index (χ3v) is 4.79. The largest absolute Gasteiger partial charge is 0.462 e. The van der Waals surface area contributed by atoms with E-state index < -0.39 is 5.97 Å². The van der Waals surface area contributed by atoms with Crippen LogP contribution in [-0.2, 0) is 4.74 Å². The summed E-state index contributed by atoms with van der Waals surface area (Å²) < 4.78 is 5.27. The monoisotopic (exact) mass is 334 g/mol. The van der Waals surface area contributed by atoms with E-state index in [0.29, 0.717) is 23.4 Å². The number of hydrogen-bond donors (Lipinski definition) is 0. The molecule has 1 aliphatic rings. The lowest BCUT2D eigenvalue weighted by Gasteiger charge is -2.18. The summed E-state index contributed by atoms with van der Waals surface area (Å²) in [5.74, 6) is -0.405. The average molecular weight is 334 g/mol. The van der Waals surface area contributed by atoms with Crippen LogP contribution in [0.5, 0.6) is 0 Å². The summed E-state index contributed by atoms with van der Waals surface area (Å²) in [6.45, 7) is 3.98. The third kappa shape index (κ3) is 3.28. The number of pyridine rings is 1.